The average molecular weight is 255 g/mol. The van der Waals surface area contributed by atoms with Crippen molar-refractivity contribution in [2.24, 2.45) is 5.92 Å². The molecule has 2 unspecified atom stereocenters. The molecule has 0 radical (unpaired) electrons. The van der Waals surface area contributed by atoms with Gasteiger partial charge in [-0.25, -0.2) is 0 Å². The van der Waals surface area contributed by atoms with E-state index in [1.807, 2.05) is 11.8 Å². The standard InChI is InChI=1S/C14H25NO3/c1-11(16)12-5-7-15(8-6-12)14(17)10-13-4-2-3-9-18-13/h11-13,16H,2-10H2,1H3. The van der Waals surface area contributed by atoms with Gasteiger partial charge in [0, 0.05) is 19.7 Å². The number of likely N-dealkylation sites (tertiary alicyclic amines) is 1. The molecule has 1 amide bonds. The summed E-state index contributed by atoms with van der Waals surface area (Å²) < 4.78 is 5.61. The van der Waals surface area contributed by atoms with Crippen LogP contribution < -0.4 is 0 Å². The lowest BCUT2D eigenvalue weighted by atomic mass is 9.92. The van der Waals surface area contributed by atoms with Crippen molar-refractivity contribution in [3.8, 4) is 0 Å². The summed E-state index contributed by atoms with van der Waals surface area (Å²) in [6.07, 6.45) is 5.62. The van der Waals surface area contributed by atoms with E-state index in [-0.39, 0.29) is 18.1 Å². The molecule has 2 fully saturated rings. The number of carbonyl (C=O) groups is 1. The molecule has 2 saturated heterocycles. The molecular formula is C14H25NO3. The number of aliphatic hydroxyl groups is 1. The van der Waals surface area contributed by atoms with E-state index >= 15 is 0 Å². The van der Waals surface area contributed by atoms with Gasteiger partial charge in [0.1, 0.15) is 0 Å². The highest BCUT2D eigenvalue weighted by Gasteiger charge is 2.27. The fourth-order valence-corrected chi connectivity index (χ4v) is 2.92. The molecule has 2 aliphatic heterocycles. The maximum absolute atomic E-state index is 12.1. The summed E-state index contributed by atoms with van der Waals surface area (Å²) in [4.78, 5) is 14.1. The normalized spacial score (nSPS) is 28.1. The van der Waals surface area contributed by atoms with Crippen molar-refractivity contribution < 1.29 is 14.6 Å². The summed E-state index contributed by atoms with van der Waals surface area (Å²) in [7, 11) is 0. The summed E-state index contributed by atoms with van der Waals surface area (Å²) >= 11 is 0. The highest BCUT2D eigenvalue weighted by molar-refractivity contribution is 5.76. The van der Waals surface area contributed by atoms with Crippen LogP contribution >= 0.6 is 0 Å². The molecule has 0 aromatic carbocycles. The summed E-state index contributed by atoms with van der Waals surface area (Å²) in [6, 6.07) is 0. The van der Waals surface area contributed by atoms with Gasteiger partial charge in [-0.15, -0.1) is 0 Å². The van der Waals surface area contributed by atoms with Crippen LogP contribution in [0.25, 0.3) is 0 Å². The molecule has 4 nitrogen and oxygen atoms in total. The molecule has 0 aromatic heterocycles. The molecule has 104 valence electrons. The van der Waals surface area contributed by atoms with Crippen LogP contribution in [0.2, 0.25) is 0 Å². The lowest BCUT2D eigenvalue weighted by Crippen LogP contribution is -2.42. The van der Waals surface area contributed by atoms with Crippen LogP contribution in [0, 0.1) is 5.92 Å². The van der Waals surface area contributed by atoms with E-state index in [9.17, 15) is 9.90 Å². The smallest absolute Gasteiger partial charge is 0.225 e. The van der Waals surface area contributed by atoms with Crippen molar-refractivity contribution in [2.45, 2.75) is 57.7 Å². The molecular weight excluding hydrogens is 230 g/mol. The van der Waals surface area contributed by atoms with Gasteiger partial charge in [0.2, 0.25) is 5.91 Å². The zero-order chi connectivity index (χ0) is 13.0. The molecule has 0 saturated carbocycles. The quantitative estimate of drug-likeness (QED) is 0.832. The van der Waals surface area contributed by atoms with E-state index in [1.165, 1.54) is 6.42 Å². The first kappa shape index (κ1) is 13.8. The van der Waals surface area contributed by atoms with Gasteiger partial charge in [0.15, 0.2) is 0 Å². The van der Waals surface area contributed by atoms with Gasteiger partial charge in [-0.2, -0.15) is 0 Å². The minimum atomic E-state index is -0.246. The van der Waals surface area contributed by atoms with E-state index in [0.717, 1.165) is 45.4 Å². The number of piperidine rings is 1. The van der Waals surface area contributed by atoms with E-state index in [2.05, 4.69) is 0 Å². The lowest BCUT2D eigenvalue weighted by Gasteiger charge is -2.34. The van der Waals surface area contributed by atoms with Crippen molar-refractivity contribution in [1.82, 2.24) is 4.90 Å². The minimum absolute atomic E-state index is 0.140. The molecule has 2 rings (SSSR count). The van der Waals surface area contributed by atoms with Gasteiger partial charge in [0.25, 0.3) is 0 Å². The Labute approximate surface area is 109 Å². The zero-order valence-corrected chi connectivity index (χ0v) is 11.3. The summed E-state index contributed by atoms with van der Waals surface area (Å²) in [5.41, 5.74) is 0. The summed E-state index contributed by atoms with van der Waals surface area (Å²) in [5, 5.41) is 9.54. The van der Waals surface area contributed by atoms with E-state index in [4.69, 9.17) is 4.74 Å². The Morgan fingerprint density at radius 2 is 2.06 bits per heavy atom. The summed E-state index contributed by atoms with van der Waals surface area (Å²) in [5.74, 6) is 0.589. The average Bonchev–Trinajstić information content (AvgIpc) is 2.40. The van der Waals surface area contributed by atoms with Crippen LogP contribution in [0.4, 0.5) is 0 Å². The van der Waals surface area contributed by atoms with Crippen LogP contribution in [0.1, 0.15) is 45.4 Å². The second-order valence-electron chi connectivity index (χ2n) is 5.65. The van der Waals surface area contributed by atoms with Gasteiger partial charge in [0.05, 0.1) is 18.6 Å². The van der Waals surface area contributed by atoms with Crippen molar-refractivity contribution in [3.63, 3.8) is 0 Å². The molecule has 2 heterocycles. The minimum Gasteiger partial charge on any atom is -0.393 e. The first-order valence-electron chi connectivity index (χ1n) is 7.24. The van der Waals surface area contributed by atoms with Crippen LogP contribution in [0.5, 0.6) is 0 Å². The molecule has 0 bridgehead atoms. The van der Waals surface area contributed by atoms with Crippen LogP contribution in [0.3, 0.4) is 0 Å². The van der Waals surface area contributed by atoms with E-state index in [1.54, 1.807) is 0 Å². The fourth-order valence-electron chi connectivity index (χ4n) is 2.92. The Bertz CT molecular complexity index is 266. The molecule has 0 aromatic rings. The monoisotopic (exact) mass is 255 g/mol. The SMILES string of the molecule is CC(O)C1CCN(C(=O)CC2CCCCO2)CC1. The second-order valence-corrected chi connectivity index (χ2v) is 5.65. The number of hydrogen-bond acceptors (Lipinski definition) is 3. The van der Waals surface area contributed by atoms with Crippen molar-refractivity contribution in [1.29, 1.82) is 0 Å². The number of rotatable bonds is 3. The topological polar surface area (TPSA) is 49.8 Å². The first-order valence-corrected chi connectivity index (χ1v) is 7.24. The highest BCUT2D eigenvalue weighted by atomic mass is 16.5. The molecule has 18 heavy (non-hydrogen) atoms. The molecule has 2 atom stereocenters. The van der Waals surface area contributed by atoms with E-state index < -0.39 is 0 Å². The van der Waals surface area contributed by atoms with Crippen molar-refractivity contribution in [2.75, 3.05) is 19.7 Å². The number of ether oxygens (including phenoxy) is 1. The molecule has 0 aliphatic carbocycles. The molecule has 4 heteroatoms. The number of hydrogen-bond donors (Lipinski definition) is 1. The van der Waals surface area contributed by atoms with Gasteiger partial charge in [-0.3, -0.25) is 4.79 Å². The van der Waals surface area contributed by atoms with Crippen LogP contribution in [-0.2, 0) is 9.53 Å². The number of amides is 1. The second kappa shape index (κ2) is 6.53. The predicted octanol–water partition coefficient (Wildman–Crippen LogP) is 1.56. The molecule has 1 N–H and O–H groups in total. The van der Waals surface area contributed by atoms with Crippen molar-refractivity contribution >= 4 is 5.91 Å². The molecule has 2 aliphatic rings. The Hall–Kier alpha value is -0.610. The largest absolute Gasteiger partial charge is 0.393 e. The highest BCUT2D eigenvalue weighted by Crippen LogP contribution is 2.22. The Balaban J connectivity index is 1.73. The lowest BCUT2D eigenvalue weighted by molar-refractivity contribution is -0.137. The third-order valence-electron chi connectivity index (χ3n) is 4.25. The first-order chi connectivity index (χ1) is 8.66. The van der Waals surface area contributed by atoms with E-state index in [0.29, 0.717) is 12.3 Å². The maximum Gasteiger partial charge on any atom is 0.225 e. The predicted molar refractivity (Wildman–Crippen MR) is 69.2 cm³/mol. The Morgan fingerprint density at radius 3 is 2.61 bits per heavy atom. The number of carbonyl (C=O) groups excluding carboxylic acids is 1. The zero-order valence-electron chi connectivity index (χ0n) is 11.3. The van der Waals surface area contributed by atoms with Gasteiger partial charge >= 0.3 is 0 Å². The third kappa shape index (κ3) is 3.69. The maximum atomic E-state index is 12.1. The third-order valence-corrected chi connectivity index (χ3v) is 4.25. The summed E-state index contributed by atoms with van der Waals surface area (Å²) in [6.45, 7) is 4.24. The van der Waals surface area contributed by atoms with Gasteiger partial charge < -0.3 is 14.7 Å². The van der Waals surface area contributed by atoms with Crippen molar-refractivity contribution in [3.05, 3.63) is 0 Å². The fraction of sp³-hybridized carbons (Fsp3) is 0.929. The molecule has 0 spiro atoms. The van der Waals surface area contributed by atoms with Gasteiger partial charge in [-0.05, 0) is 44.9 Å². The number of aliphatic hydroxyl groups excluding tert-OH is 1. The van der Waals surface area contributed by atoms with Gasteiger partial charge in [-0.1, -0.05) is 0 Å². The Kier molecular flexibility index (Phi) is 5.01. The van der Waals surface area contributed by atoms with Crippen LogP contribution in [-0.4, -0.2) is 47.8 Å². The Morgan fingerprint density at radius 1 is 1.33 bits per heavy atom. The number of nitrogens with zero attached hydrogens (tertiary/aromatic N) is 1. The van der Waals surface area contributed by atoms with Crippen LogP contribution in [0.15, 0.2) is 0 Å².